The van der Waals surface area contributed by atoms with Crippen LogP contribution in [0.2, 0.25) is 0 Å². The molecule has 1 aliphatic carbocycles. The second kappa shape index (κ2) is 8.18. The third-order valence-corrected chi connectivity index (χ3v) is 4.42. The average Bonchev–Trinajstić information content (AvgIpc) is 2.51. The number of nitrogens with zero attached hydrogens (tertiary/aromatic N) is 1. The molecule has 1 fully saturated rings. The van der Waals surface area contributed by atoms with Gasteiger partial charge in [-0.3, -0.25) is 4.79 Å². The molecule has 1 aromatic rings. The molecule has 1 aromatic carbocycles. The Morgan fingerprint density at radius 2 is 2.05 bits per heavy atom. The first-order valence-electron chi connectivity index (χ1n) is 8.26. The van der Waals surface area contributed by atoms with Crippen LogP contribution in [0, 0.1) is 6.92 Å². The Hall–Kier alpha value is -1.35. The maximum atomic E-state index is 12.6. The lowest BCUT2D eigenvalue weighted by Crippen LogP contribution is -2.44. The van der Waals surface area contributed by atoms with Crippen LogP contribution >= 0.6 is 0 Å². The van der Waals surface area contributed by atoms with Gasteiger partial charge in [0.25, 0.3) is 0 Å². The number of rotatable bonds is 6. The third kappa shape index (κ3) is 4.85. The molecule has 0 radical (unpaired) electrons. The Labute approximate surface area is 128 Å². The lowest BCUT2D eigenvalue weighted by molar-refractivity contribution is -0.134. The van der Waals surface area contributed by atoms with E-state index in [1.807, 2.05) is 0 Å². The van der Waals surface area contributed by atoms with Gasteiger partial charge in [-0.2, -0.15) is 0 Å². The van der Waals surface area contributed by atoms with Crippen LogP contribution in [0.15, 0.2) is 24.3 Å². The zero-order valence-electron chi connectivity index (χ0n) is 13.2. The summed E-state index contributed by atoms with van der Waals surface area (Å²) in [5, 5.41) is 0. The minimum atomic E-state index is 0.272. The van der Waals surface area contributed by atoms with Gasteiger partial charge < -0.3 is 10.6 Å². The molecular formula is C18H28N2O. The van der Waals surface area contributed by atoms with E-state index in [2.05, 4.69) is 36.1 Å². The van der Waals surface area contributed by atoms with Gasteiger partial charge in [-0.15, -0.1) is 0 Å². The van der Waals surface area contributed by atoms with Gasteiger partial charge in [-0.25, -0.2) is 0 Å². The van der Waals surface area contributed by atoms with Crippen molar-refractivity contribution in [2.45, 2.75) is 57.9 Å². The zero-order chi connectivity index (χ0) is 15.1. The summed E-state index contributed by atoms with van der Waals surface area (Å²) in [6, 6.07) is 8.85. The van der Waals surface area contributed by atoms with E-state index < -0.39 is 0 Å². The van der Waals surface area contributed by atoms with Crippen molar-refractivity contribution in [2.75, 3.05) is 13.1 Å². The number of hydrogen-bond donors (Lipinski definition) is 1. The average molecular weight is 288 g/mol. The summed E-state index contributed by atoms with van der Waals surface area (Å²) in [5.41, 5.74) is 8.21. The topological polar surface area (TPSA) is 46.3 Å². The van der Waals surface area contributed by atoms with E-state index in [1.165, 1.54) is 30.4 Å². The van der Waals surface area contributed by atoms with Crippen molar-refractivity contribution in [2.24, 2.45) is 5.73 Å². The number of hydrogen-bond acceptors (Lipinski definition) is 2. The fraction of sp³-hybridized carbons (Fsp3) is 0.611. The molecule has 0 saturated heterocycles. The summed E-state index contributed by atoms with van der Waals surface area (Å²) in [5.74, 6) is 0.272. The highest BCUT2D eigenvalue weighted by molar-refractivity contribution is 5.76. The number of benzene rings is 1. The van der Waals surface area contributed by atoms with Crippen LogP contribution in [0.3, 0.4) is 0 Å². The summed E-state index contributed by atoms with van der Waals surface area (Å²) >= 11 is 0. The first kappa shape index (κ1) is 16.0. The highest BCUT2D eigenvalue weighted by Gasteiger charge is 2.24. The molecule has 0 heterocycles. The third-order valence-electron chi connectivity index (χ3n) is 4.42. The van der Waals surface area contributed by atoms with E-state index in [0.29, 0.717) is 25.6 Å². The van der Waals surface area contributed by atoms with Gasteiger partial charge in [0.15, 0.2) is 0 Å². The van der Waals surface area contributed by atoms with Crippen molar-refractivity contribution in [3.8, 4) is 0 Å². The van der Waals surface area contributed by atoms with Crippen LogP contribution < -0.4 is 5.73 Å². The predicted octanol–water partition coefficient (Wildman–Crippen LogP) is 3.05. The maximum Gasteiger partial charge on any atom is 0.223 e. The van der Waals surface area contributed by atoms with Crippen molar-refractivity contribution in [1.82, 2.24) is 4.90 Å². The van der Waals surface area contributed by atoms with Gasteiger partial charge in [-0.05, 0) is 31.7 Å². The van der Waals surface area contributed by atoms with Crippen LogP contribution in [0.1, 0.15) is 49.7 Å². The van der Waals surface area contributed by atoms with Gasteiger partial charge in [0.2, 0.25) is 5.91 Å². The molecule has 1 saturated carbocycles. The SMILES string of the molecule is Cc1cccc(CCC(=O)N(CCN)C2CCCCC2)c1. The van der Waals surface area contributed by atoms with Crippen LogP contribution in [0.4, 0.5) is 0 Å². The molecule has 2 rings (SSSR count). The monoisotopic (exact) mass is 288 g/mol. The molecule has 0 aliphatic heterocycles. The molecule has 0 aromatic heterocycles. The second-order valence-electron chi connectivity index (χ2n) is 6.16. The van der Waals surface area contributed by atoms with Gasteiger partial charge in [-0.1, -0.05) is 49.1 Å². The van der Waals surface area contributed by atoms with Crippen molar-refractivity contribution in [1.29, 1.82) is 0 Å². The molecule has 1 aliphatic rings. The van der Waals surface area contributed by atoms with Crippen molar-refractivity contribution < 1.29 is 4.79 Å². The molecule has 1 amide bonds. The van der Waals surface area contributed by atoms with Crippen molar-refractivity contribution >= 4 is 5.91 Å². The highest BCUT2D eigenvalue weighted by atomic mass is 16.2. The molecule has 0 atom stereocenters. The normalized spacial score (nSPS) is 15.9. The van der Waals surface area contributed by atoms with Gasteiger partial charge in [0, 0.05) is 25.6 Å². The Morgan fingerprint density at radius 3 is 2.71 bits per heavy atom. The molecule has 0 unspecified atom stereocenters. The first-order valence-corrected chi connectivity index (χ1v) is 8.26. The highest BCUT2D eigenvalue weighted by Crippen LogP contribution is 2.23. The van der Waals surface area contributed by atoms with Crippen LogP contribution in [0.25, 0.3) is 0 Å². The van der Waals surface area contributed by atoms with Crippen LogP contribution in [-0.4, -0.2) is 29.9 Å². The summed E-state index contributed by atoms with van der Waals surface area (Å²) < 4.78 is 0. The molecule has 3 nitrogen and oxygen atoms in total. The van der Waals surface area contributed by atoms with Gasteiger partial charge >= 0.3 is 0 Å². The van der Waals surface area contributed by atoms with Gasteiger partial charge in [0.05, 0.1) is 0 Å². The number of carbonyl (C=O) groups is 1. The van der Waals surface area contributed by atoms with E-state index in [9.17, 15) is 4.79 Å². The number of amides is 1. The molecule has 3 heteroatoms. The van der Waals surface area contributed by atoms with E-state index >= 15 is 0 Å². The van der Waals surface area contributed by atoms with Crippen molar-refractivity contribution in [3.63, 3.8) is 0 Å². The van der Waals surface area contributed by atoms with Crippen molar-refractivity contribution in [3.05, 3.63) is 35.4 Å². The Morgan fingerprint density at radius 1 is 1.29 bits per heavy atom. The number of carbonyl (C=O) groups excluding carboxylic acids is 1. The smallest absolute Gasteiger partial charge is 0.223 e. The number of aryl methyl sites for hydroxylation is 2. The lowest BCUT2D eigenvalue weighted by Gasteiger charge is -2.34. The lowest BCUT2D eigenvalue weighted by atomic mass is 9.93. The second-order valence-corrected chi connectivity index (χ2v) is 6.16. The summed E-state index contributed by atoms with van der Waals surface area (Å²) in [6.07, 6.45) is 7.53. The van der Waals surface area contributed by atoms with E-state index in [-0.39, 0.29) is 5.91 Å². The van der Waals surface area contributed by atoms with Crippen LogP contribution in [0.5, 0.6) is 0 Å². The number of nitrogens with two attached hydrogens (primary N) is 1. The summed E-state index contributed by atoms with van der Waals surface area (Å²) in [7, 11) is 0. The molecule has 0 spiro atoms. The fourth-order valence-corrected chi connectivity index (χ4v) is 3.31. The Bertz CT molecular complexity index is 452. The minimum Gasteiger partial charge on any atom is -0.338 e. The zero-order valence-corrected chi connectivity index (χ0v) is 13.2. The molecule has 116 valence electrons. The van der Waals surface area contributed by atoms with E-state index in [0.717, 1.165) is 19.3 Å². The van der Waals surface area contributed by atoms with E-state index in [4.69, 9.17) is 5.73 Å². The quantitative estimate of drug-likeness (QED) is 0.874. The molecular weight excluding hydrogens is 260 g/mol. The fourth-order valence-electron chi connectivity index (χ4n) is 3.31. The molecule has 2 N–H and O–H groups in total. The Balaban J connectivity index is 1.91. The minimum absolute atomic E-state index is 0.272. The maximum absolute atomic E-state index is 12.6. The molecule has 21 heavy (non-hydrogen) atoms. The summed E-state index contributed by atoms with van der Waals surface area (Å²) in [4.78, 5) is 14.6. The van der Waals surface area contributed by atoms with Gasteiger partial charge in [0.1, 0.15) is 0 Å². The predicted molar refractivity (Wildman–Crippen MR) is 87.1 cm³/mol. The first-order chi connectivity index (χ1) is 10.2. The largest absolute Gasteiger partial charge is 0.338 e. The Kier molecular flexibility index (Phi) is 6.24. The molecule has 0 bridgehead atoms. The summed E-state index contributed by atoms with van der Waals surface area (Å²) in [6.45, 7) is 3.36. The van der Waals surface area contributed by atoms with E-state index in [1.54, 1.807) is 0 Å². The standard InChI is InChI=1S/C18H28N2O/c1-15-6-5-7-16(14-15)10-11-18(21)20(13-12-19)17-8-3-2-4-9-17/h5-7,14,17H,2-4,8-13,19H2,1H3. The van der Waals surface area contributed by atoms with Crippen LogP contribution in [-0.2, 0) is 11.2 Å².